The number of pyridine rings is 1. The van der Waals surface area contributed by atoms with E-state index in [4.69, 9.17) is 9.60 Å². The van der Waals surface area contributed by atoms with Crippen LogP contribution < -0.4 is 0 Å². The normalized spacial score (nSPS) is 18.8. The van der Waals surface area contributed by atoms with Gasteiger partial charge in [0, 0.05) is 21.4 Å². The Kier molecular flexibility index (Phi) is 2.89. The number of aryl methyl sites for hydroxylation is 1. The molecule has 0 spiro atoms. The van der Waals surface area contributed by atoms with Crippen LogP contribution in [0.1, 0.15) is 67.8 Å². The maximum atomic E-state index is 8.82. The van der Waals surface area contributed by atoms with Gasteiger partial charge in [0.25, 0.3) is 0 Å². The van der Waals surface area contributed by atoms with Crippen molar-refractivity contribution in [1.29, 1.82) is 0 Å². The van der Waals surface area contributed by atoms with E-state index in [2.05, 4.69) is 4.98 Å². The van der Waals surface area contributed by atoms with Gasteiger partial charge in [0.1, 0.15) is 0 Å². The van der Waals surface area contributed by atoms with Gasteiger partial charge in [0.05, 0.1) is 5.69 Å². The first-order valence-electron chi connectivity index (χ1n) is 11.4. The Bertz CT molecular complexity index is 899. The third-order valence-electron chi connectivity index (χ3n) is 3.10. The molecule has 0 N–H and O–H groups in total. The SMILES string of the molecule is [2H]C([2H])([2H])c1ccc(-c2cc(C([2H])([2H])C(C)(C)C)c(C([2H])([2H])C(C)(C)C)cn2)cc1. The third kappa shape index (κ3) is 5.49. The maximum Gasteiger partial charge on any atom is 0.0704 e. The van der Waals surface area contributed by atoms with Crippen molar-refractivity contribution >= 4 is 0 Å². The average molecular weight is 317 g/mol. The van der Waals surface area contributed by atoms with Gasteiger partial charge in [0.2, 0.25) is 0 Å². The second-order valence-electron chi connectivity index (χ2n) is 7.94. The van der Waals surface area contributed by atoms with Crippen molar-refractivity contribution in [2.75, 3.05) is 0 Å². The third-order valence-corrected chi connectivity index (χ3v) is 3.10. The molecule has 0 saturated carbocycles. The molecule has 0 aliphatic heterocycles. The largest absolute Gasteiger partial charge is 0.256 e. The quantitative estimate of drug-likeness (QED) is 0.653. The van der Waals surface area contributed by atoms with Crippen LogP contribution in [0.4, 0.5) is 0 Å². The summed E-state index contributed by atoms with van der Waals surface area (Å²) in [5, 5.41) is 0. The second-order valence-corrected chi connectivity index (χ2v) is 7.94. The topological polar surface area (TPSA) is 12.9 Å². The molecule has 1 heteroatoms. The first kappa shape index (κ1) is 10.3. The van der Waals surface area contributed by atoms with E-state index >= 15 is 0 Å². The van der Waals surface area contributed by atoms with Crippen LogP contribution in [0.2, 0.25) is 0 Å². The van der Waals surface area contributed by atoms with Crippen molar-refractivity contribution in [3.63, 3.8) is 0 Å². The Morgan fingerprint density at radius 3 is 2.00 bits per heavy atom. The van der Waals surface area contributed by atoms with E-state index in [0.717, 1.165) is 0 Å². The van der Waals surface area contributed by atoms with Crippen LogP contribution in [0.15, 0.2) is 36.5 Å². The highest BCUT2D eigenvalue weighted by atomic mass is 14.7. The molecule has 0 fully saturated rings. The first-order valence-corrected chi connectivity index (χ1v) is 7.92. The second kappa shape index (κ2) is 6.47. The zero-order chi connectivity index (χ0) is 23.3. The summed E-state index contributed by atoms with van der Waals surface area (Å²) in [6, 6.07) is 7.94. The molecule has 0 radical (unpaired) electrons. The number of aromatic nitrogens is 1. The summed E-state index contributed by atoms with van der Waals surface area (Å²) in [7, 11) is 0. The van der Waals surface area contributed by atoms with Gasteiger partial charge >= 0.3 is 0 Å². The fourth-order valence-electron chi connectivity index (χ4n) is 2.27. The van der Waals surface area contributed by atoms with Crippen molar-refractivity contribution in [2.45, 2.75) is 61.1 Å². The van der Waals surface area contributed by atoms with Crippen LogP contribution in [-0.2, 0) is 12.7 Å². The fraction of sp³-hybridized carbons (Fsp3) is 0.500. The zero-order valence-corrected chi connectivity index (χ0v) is 14.9. The van der Waals surface area contributed by atoms with E-state index in [1.165, 1.54) is 18.3 Å². The van der Waals surface area contributed by atoms with Crippen molar-refractivity contribution < 1.29 is 9.60 Å². The zero-order valence-electron chi connectivity index (χ0n) is 21.9. The molecule has 1 nitrogen and oxygen atoms in total. The van der Waals surface area contributed by atoms with E-state index in [1.54, 1.807) is 59.7 Å². The first-order chi connectivity index (χ1) is 13.3. The van der Waals surface area contributed by atoms with E-state index in [-0.39, 0.29) is 16.7 Å². The number of nitrogens with zero attached hydrogens (tertiary/aromatic N) is 1. The van der Waals surface area contributed by atoms with Gasteiger partial charge in [-0.25, -0.2) is 0 Å². The average Bonchev–Trinajstić information content (AvgIpc) is 2.58. The van der Waals surface area contributed by atoms with Gasteiger partial charge in [-0.3, -0.25) is 4.98 Å². The Labute approximate surface area is 152 Å². The molecule has 2 rings (SSSR count). The molecule has 0 aliphatic rings. The van der Waals surface area contributed by atoms with Gasteiger partial charge < -0.3 is 0 Å². The van der Waals surface area contributed by atoms with Gasteiger partial charge in [-0.15, -0.1) is 0 Å². The van der Waals surface area contributed by atoms with Crippen LogP contribution in [0.25, 0.3) is 11.3 Å². The van der Waals surface area contributed by atoms with Crippen LogP contribution >= 0.6 is 0 Å². The monoisotopic (exact) mass is 316 g/mol. The molecule has 2 aromatic rings. The molecule has 0 amide bonds. The Morgan fingerprint density at radius 2 is 1.48 bits per heavy atom. The fourth-order valence-corrected chi connectivity index (χ4v) is 2.27. The number of hydrogen-bond acceptors (Lipinski definition) is 1. The number of hydrogen-bond donors (Lipinski definition) is 0. The summed E-state index contributed by atoms with van der Waals surface area (Å²) in [5.74, 6) is 0. The van der Waals surface area contributed by atoms with Gasteiger partial charge in [-0.2, -0.15) is 0 Å². The summed E-state index contributed by atoms with van der Waals surface area (Å²) in [4.78, 5) is 4.43. The van der Waals surface area contributed by atoms with Crippen LogP contribution in [0, 0.1) is 17.7 Å². The van der Waals surface area contributed by atoms with Gasteiger partial charge in [-0.1, -0.05) is 71.4 Å². The molecule has 124 valence electrons. The standard InChI is InChI=1S/C22H31N/c1-16-8-10-17(11-9-16)20-12-18(13-21(2,3)4)19(15-23-20)14-22(5,6)7/h8-12,15H,13-14H2,1-7H3/i1D3,13D2,14D2. The number of benzene rings is 1. The molecule has 1 heterocycles. The molecule has 1 aromatic carbocycles. The lowest BCUT2D eigenvalue weighted by atomic mass is 9.81. The highest BCUT2D eigenvalue weighted by Crippen LogP contribution is 2.30. The minimum Gasteiger partial charge on any atom is -0.256 e. The summed E-state index contributed by atoms with van der Waals surface area (Å²) >= 11 is 0. The molecule has 0 atom stereocenters. The smallest absolute Gasteiger partial charge is 0.0704 e. The Balaban J connectivity index is 2.73. The highest BCUT2D eigenvalue weighted by molar-refractivity contribution is 5.60. The lowest BCUT2D eigenvalue weighted by Gasteiger charge is -2.24. The van der Waals surface area contributed by atoms with Crippen LogP contribution in [-0.4, -0.2) is 4.98 Å². The minimum absolute atomic E-state index is 0.220. The molecule has 0 saturated heterocycles. The highest BCUT2D eigenvalue weighted by Gasteiger charge is 2.19. The van der Waals surface area contributed by atoms with Crippen molar-refractivity contribution in [3.8, 4) is 11.3 Å². The van der Waals surface area contributed by atoms with Gasteiger partial charge in [-0.05, 0) is 47.6 Å². The summed E-state index contributed by atoms with van der Waals surface area (Å²) in [6.45, 7) is 8.51. The van der Waals surface area contributed by atoms with Gasteiger partial charge in [0.15, 0.2) is 0 Å². The van der Waals surface area contributed by atoms with Crippen LogP contribution in [0.3, 0.4) is 0 Å². The summed E-state index contributed by atoms with van der Waals surface area (Å²) < 4.78 is 57.6. The lowest BCUT2D eigenvalue weighted by Crippen LogP contribution is -2.15. The van der Waals surface area contributed by atoms with Crippen molar-refractivity contribution in [1.82, 2.24) is 4.98 Å². The molecule has 0 aliphatic carbocycles. The summed E-state index contributed by atoms with van der Waals surface area (Å²) in [5.41, 5.74) is 0.301. The van der Waals surface area contributed by atoms with Crippen molar-refractivity contribution in [3.05, 3.63) is 53.2 Å². The summed E-state index contributed by atoms with van der Waals surface area (Å²) in [6.07, 6.45) is -2.20. The molecule has 0 bridgehead atoms. The predicted molar refractivity (Wildman–Crippen MR) is 101 cm³/mol. The maximum absolute atomic E-state index is 8.82. The minimum atomic E-state index is -2.20. The molecule has 1 aromatic heterocycles. The molecular weight excluding hydrogens is 278 g/mol. The Morgan fingerprint density at radius 1 is 0.913 bits per heavy atom. The number of rotatable bonds is 3. The molecule has 23 heavy (non-hydrogen) atoms. The van der Waals surface area contributed by atoms with E-state index in [1.807, 2.05) is 0 Å². The van der Waals surface area contributed by atoms with Crippen LogP contribution in [0.5, 0.6) is 0 Å². The Hall–Kier alpha value is -1.63. The lowest BCUT2D eigenvalue weighted by molar-refractivity contribution is 0.392. The van der Waals surface area contributed by atoms with E-state index < -0.39 is 30.4 Å². The molecular formula is C22H31N. The predicted octanol–water partition coefficient (Wildman–Crippen LogP) is 6.23. The van der Waals surface area contributed by atoms with Crippen molar-refractivity contribution in [2.24, 2.45) is 10.8 Å². The van der Waals surface area contributed by atoms with E-state index in [0.29, 0.717) is 11.3 Å². The van der Waals surface area contributed by atoms with E-state index in [9.17, 15) is 0 Å². The molecule has 0 unspecified atom stereocenters.